The molecule has 0 aliphatic carbocycles. The van der Waals surface area contributed by atoms with Crippen molar-refractivity contribution in [3.63, 3.8) is 0 Å². The number of allylic oxidation sites excluding steroid dienone is 2. The number of nitrogens with two attached hydrogens (primary N) is 1. The van der Waals surface area contributed by atoms with Gasteiger partial charge in [0.2, 0.25) is 0 Å². The van der Waals surface area contributed by atoms with Crippen LogP contribution in [0.3, 0.4) is 0 Å². The molecule has 1 heterocycles. The molecule has 1 fully saturated rings. The predicted molar refractivity (Wildman–Crippen MR) is 76.3 cm³/mol. The second-order valence-electron chi connectivity index (χ2n) is 4.00. The molecule has 0 aromatic rings. The quantitative estimate of drug-likeness (QED) is 0.738. The molecule has 1 rings (SSSR count). The summed E-state index contributed by atoms with van der Waals surface area (Å²) in [6, 6.07) is 0. The zero-order valence-electron chi connectivity index (χ0n) is 11.4. The van der Waals surface area contributed by atoms with E-state index in [1.807, 2.05) is 32.2 Å². The highest BCUT2D eigenvalue weighted by Gasteiger charge is 2.18. The van der Waals surface area contributed by atoms with Crippen molar-refractivity contribution >= 4 is 0 Å². The number of nitrogens with one attached hydrogen (secondary N) is 1. The highest BCUT2D eigenvalue weighted by molar-refractivity contribution is 5.13. The molecule has 1 aliphatic rings. The van der Waals surface area contributed by atoms with Crippen LogP contribution >= 0.6 is 0 Å². The van der Waals surface area contributed by atoms with Crippen LogP contribution in [0.1, 0.15) is 26.7 Å². The SMILES string of the molecule is C=CN/C=C\C=C(\N)C1CCCN(C)C1.CC. The molecule has 0 bridgehead atoms. The molecule has 3 N–H and O–H groups in total. The van der Waals surface area contributed by atoms with Crippen molar-refractivity contribution in [2.75, 3.05) is 20.1 Å². The van der Waals surface area contributed by atoms with Gasteiger partial charge in [-0.25, -0.2) is 0 Å². The van der Waals surface area contributed by atoms with Crippen LogP contribution < -0.4 is 11.1 Å². The fourth-order valence-corrected chi connectivity index (χ4v) is 1.86. The van der Waals surface area contributed by atoms with Crippen LogP contribution in [0, 0.1) is 5.92 Å². The van der Waals surface area contributed by atoms with Gasteiger partial charge in [0.15, 0.2) is 0 Å². The summed E-state index contributed by atoms with van der Waals surface area (Å²) in [5.74, 6) is 0.511. The standard InChI is InChI=1S/C12H21N3.C2H6/c1-3-14-8-4-7-12(13)11-6-5-9-15(2)10-11;1-2/h3-4,7-8,11,14H,1,5-6,9-10,13H2,2H3;1-2H3/b8-4-,12-7+;. The van der Waals surface area contributed by atoms with E-state index in [2.05, 4.69) is 23.8 Å². The maximum Gasteiger partial charge on any atom is 0.0125 e. The Kier molecular flexibility index (Phi) is 9.25. The van der Waals surface area contributed by atoms with E-state index in [0.717, 1.165) is 12.2 Å². The Morgan fingerprint density at radius 1 is 1.47 bits per heavy atom. The third-order valence-corrected chi connectivity index (χ3v) is 2.69. The number of rotatable bonds is 4. The normalized spacial score (nSPS) is 21.8. The zero-order valence-corrected chi connectivity index (χ0v) is 11.4. The molecule has 0 spiro atoms. The minimum atomic E-state index is 0.511. The summed E-state index contributed by atoms with van der Waals surface area (Å²) in [6.07, 6.45) is 9.80. The Hall–Kier alpha value is -1.22. The number of hydrogen-bond donors (Lipinski definition) is 2. The van der Waals surface area contributed by atoms with Gasteiger partial charge in [-0.1, -0.05) is 20.4 Å². The first-order valence-electron chi connectivity index (χ1n) is 6.41. The summed E-state index contributed by atoms with van der Waals surface area (Å²) in [7, 11) is 2.15. The van der Waals surface area contributed by atoms with E-state index < -0.39 is 0 Å². The largest absolute Gasteiger partial charge is 0.402 e. The summed E-state index contributed by atoms with van der Waals surface area (Å²) in [5, 5.41) is 2.89. The Bertz CT molecular complexity index is 256. The summed E-state index contributed by atoms with van der Waals surface area (Å²) in [5.41, 5.74) is 7.00. The van der Waals surface area contributed by atoms with Gasteiger partial charge >= 0.3 is 0 Å². The lowest BCUT2D eigenvalue weighted by atomic mass is 9.95. The molecule has 1 unspecified atom stereocenters. The maximum atomic E-state index is 6.02. The van der Waals surface area contributed by atoms with Gasteiger partial charge in [-0.05, 0) is 44.8 Å². The third-order valence-electron chi connectivity index (χ3n) is 2.69. The molecule has 3 heteroatoms. The van der Waals surface area contributed by atoms with Gasteiger partial charge in [-0.2, -0.15) is 0 Å². The minimum absolute atomic E-state index is 0.511. The van der Waals surface area contributed by atoms with Crippen molar-refractivity contribution in [2.24, 2.45) is 11.7 Å². The van der Waals surface area contributed by atoms with E-state index in [1.165, 1.54) is 19.4 Å². The summed E-state index contributed by atoms with van der Waals surface area (Å²) in [4.78, 5) is 2.33. The van der Waals surface area contributed by atoms with Gasteiger partial charge in [0.05, 0.1) is 0 Å². The molecule has 0 amide bonds. The lowest BCUT2D eigenvalue weighted by Crippen LogP contribution is -2.34. The molecule has 17 heavy (non-hydrogen) atoms. The van der Waals surface area contributed by atoms with Crippen molar-refractivity contribution in [2.45, 2.75) is 26.7 Å². The van der Waals surface area contributed by atoms with Crippen LogP contribution in [0.4, 0.5) is 0 Å². The number of piperidine rings is 1. The van der Waals surface area contributed by atoms with Crippen LogP contribution in [0.15, 0.2) is 36.8 Å². The van der Waals surface area contributed by atoms with Crippen molar-refractivity contribution in [3.05, 3.63) is 36.8 Å². The molecule has 1 atom stereocenters. The highest BCUT2D eigenvalue weighted by atomic mass is 15.1. The fourth-order valence-electron chi connectivity index (χ4n) is 1.86. The Balaban J connectivity index is 0.00000121. The average molecular weight is 237 g/mol. The van der Waals surface area contributed by atoms with Crippen molar-refractivity contribution in [1.82, 2.24) is 10.2 Å². The molecule has 0 aromatic heterocycles. The Morgan fingerprint density at radius 2 is 2.18 bits per heavy atom. The highest BCUT2D eigenvalue weighted by Crippen LogP contribution is 2.19. The fraction of sp³-hybridized carbons (Fsp3) is 0.571. The Morgan fingerprint density at radius 3 is 2.76 bits per heavy atom. The maximum absolute atomic E-state index is 6.02. The van der Waals surface area contributed by atoms with Gasteiger partial charge in [0.25, 0.3) is 0 Å². The monoisotopic (exact) mass is 237 g/mol. The van der Waals surface area contributed by atoms with Gasteiger partial charge in [0, 0.05) is 24.4 Å². The first kappa shape index (κ1) is 15.8. The van der Waals surface area contributed by atoms with E-state index in [9.17, 15) is 0 Å². The van der Waals surface area contributed by atoms with Crippen molar-refractivity contribution in [1.29, 1.82) is 0 Å². The van der Waals surface area contributed by atoms with E-state index in [1.54, 1.807) is 6.20 Å². The second kappa shape index (κ2) is 9.97. The molecule has 3 nitrogen and oxygen atoms in total. The van der Waals surface area contributed by atoms with Gasteiger partial charge < -0.3 is 16.0 Å². The van der Waals surface area contributed by atoms with Gasteiger partial charge in [-0.15, -0.1) is 0 Å². The summed E-state index contributed by atoms with van der Waals surface area (Å²) < 4.78 is 0. The van der Waals surface area contributed by atoms with Crippen molar-refractivity contribution in [3.8, 4) is 0 Å². The van der Waals surface area contributed by atoms with Crippen LogP contribution in [0.2, 0.25) is 0 Å². The first-order valence-corrected chi connectivity index (χ1v) is 6.41. The predicted octanol–water partition coefficient (Wildman–Crippen LogP) is 2.44. The van der Waals surface area contributed by atoms with E-state index in [0.29, 0.717) is 5.92 Å². The molecular weight excluding hydrogens is 210 g/mol. The summed E-state index contributed by atoms with van der Waals surface area (Å²) >= 11 is 0. The van der Waals surface area contributed by atoms with E-state index >= 15 is 0 Å². The van der Waals surface area contributed by atoms with Gasteiger partial charge in [0.1, 0.15) is 0 Å². The first-order chi connectivity index (χ1) is 8.24. The van der Waals surface area contributed by atoms with Crippen LogP contribution in [0.25, 0.3) is 0 Å². The van der Waals surface area contributed by atoms with Crippen LogP contribution in [0.5, 0.6) is 0 Å². The molecule has 0 saturated carbocycles. The number of hydrogen-bond acceptors (Lipinski definition) is 3. The lowest BCUT2D eigenvalue weighted by molar-refractivity contribution is 0.229. The molecule has 98 valence electrons. The Labute approximate surface area is 106 Å². The van der Waals surface area contributed by atoms with Gasteiger partial charge in [-0.3, -0.25) is 0 Å². The lowest BCUT2D eigenvalue weighted by Gasteiger charge is -2.29. The molecule has 0 aromatic carbocycles. The zero-order chi connectivity index (χ0) is 13.1. The van der Waals surface area contributed by atoms with Crippen molar-refractivity contribution < 1.29 is 0 Å². The van der Waals surface area contributed by atoms with E-state index in [4.69, 9.17) is 5.73 Å². The van der Waals surface area contributed by atoms with Crippen LogP contribution in [-0.4, -0.2) is 25.0 Å². The molecule has 1 aliphatic heterocycles. The molecule has 1 saturated heterocycles. The number of likely N-dealkylation sites (tertiary alicyclic amines) is 1. The average Bonchev–Trinajstić information content (AvgIpc) is 2.37. The minimum Gasteiger partial charge on any atom is -0.402 e. The second-order valence-corrected chi connectivity index (χ2v) is 4.00. The van der Waals surface area contributed by atoms with Crippen LogP contribution in [-0.2, 0) is 0 Å². The molecular formula is C14H27N3. The summed E-state index contributed by atoms with van der Waals surface area (Å²) in [6.45, 7) is 9.82. The topological polar surface area (TPSA) is 41.3 Å². The smallest absolute Gasteiger partial charge is 0.0125 e. The number of nitrogens with zero attached hydrogens (tertiary/aromatic N) is 1. The third kappa shape index (κ3) is 6.84. The molecule has 0 radical (unpaired) electrons. The van der Waals surface area contributed by atoms with E-state index in [-0.39, 0.29) is 0 Å².